The van der Waals surface area contributed by atoms with Crippen LogP contribution in [0.15, 0.2) is 0 Å². The van der Waals surface area contributed by atoms with Crippen LogP contribution in [0, 0.1) is 5.92 Å². The van der Waals surface area contributed by atoms with Gasteiger partial charge in [-0.15, -0.1) is 0 Å². The third-order valence-electron chi connectivity index (χ3n) is 2.79. The van der Waals surface area contributed by atoms with Crippen LogP contribution in [0.3, 0.4) is 0 Å². The summed E-state index contributed by atoms with van der Waals surface area (Å²) in [5.41, 5.74) is 11.1. The van der Waals surface area contributed by atoms with Crippen LogP contribution in [0.25, 0.3) is 0 Å². The monoisotopic (exact) mass is 185 g/mol. The highest BCUT2D eigenvalue weighted by molar-refractivity contribution is 5.77. The number of nitrogens with zero attached hydrogens (tertiary/aromatic N) is 1. The van der Waals surface area contributed by atoms with Gasteiger partial charge in [0.05, 0.1) is 5.92 Å². The number of carbonyl (C=O) groups excluding carboxylic acids is 1. The number of amides is 1. The van der Waals surface area contributed by atoms with Gasteiger partial charge in [-0.1, -0.05) is 0 Å². The lowest BCUT2D eigenvalue weighted by molar-refractivity contribution is -0.123. The molecule has 2 unspecified atom stereocenters. The number of piperidine rings is 1. The molecule has 0 aromatic rings. The molecule has 4 nitrogen and oxygen atoms in total. The Morgan fingerprint density at radius 2 is 2.15 bits per heavy atom. The Labute approximate surface area is 79.3 Å². The lowest BCUT2D eigenvalue weighted by atomic mass is 9.91. The smallest absolute Gasteiger partial charge is 0.222 e. The Morgan fingerprint density at radius 3 is 2.54 bits per heavy atom. The molecule has 1 saturated heterocycles. The maximum absolute atomic E-state index is 11.0. The molecule has 0 radical (unpaired) electrons. The van der Waals surface area contributed by atoms with Gasteiger partial charge in [0.25, 0.3) is 0 Å². The minimum absolute atomic E-state index is 0.0892. The predicted octanol–water partition coefficient (Wildman–Crippen LogP) is -0.471. The molecular weight excluding hydrogens is 166 g/mol. The molecule has 1 amide bonds. The van der Waals surface area contributed by atoms with Crippen molar-refractivity contribution in [2.45, 2.75) is 32.4 Å². The second kappa shape index (κ2) is 4.07. The Kier molecular flexibility index (Phi) is 3.27. The van der Waals surface area contributed by atoms with Gasteiger partial charge in [-0.25, -0.2) is 0 Å². The van der Waals surface area contributed by atoms with Crippen molar-refractivity contribution in [3.8, 4) is 0 Å². The standard InChI is InChI=1S/C9H19N3O/c1-6(2)12-4-3-7(9(11)13)8(10)5-12/h6-8H,3-5,10H2,1-2H3,(H2,11,13). The molecule has 13 heavy (non-hydrogen) atoms. The average Bonchev–Trinajstić information content (AvgIpc) is 2.03. The minimum Gasteiger partial charge on any atom is -0.369 e. The summed E-state index contributed by atoms with van der Waals surface area (Å²) in [5, 5.41) is 0. The van der Waals surface area contributed by atoms with Crippen molar-refractivity contribution in [1.29, 1.82) is 0 Å². The van der Waals surface area contributed by atoms with Gasteiger partial charge < -0.3 is 11.5 Å². The molecule has 1 aliphatic heterocycles. The molecule has 0 aliphatic carbocycles. The molecule has 1 aliphatic rings. The molecule has 4 heteroatoms. The fraction of sp³-hybridized carbons (Fsp3) is 0.889. The topological polar surface area (TPSA) is 72.3 Å². The highest BCUT2D eigenvalue weighted by atomic mass is 16.1. The molecule has 2 atom stereocenters. The van der Waals surface area contributed by atoms with Crippen LogP contribution in [0.4, 0.5) is 0 Å². The van der Waals surface area contributed by atoms with Crippen LogP contribution < -0.4 is 11.5 Å². The molecule has 0 bridgehead atoms. The summed E-state index contributed by atoms with van der Waals surface area (Å²) in [4.78, 5) is 13.2. The van der Waals surface area contributed by atoms with Gasteiger partial charge in [-0.3, -0.25) is 9.69 Å². The van der Waals surface area contributed by atoms with E-state index in [9.17, 15) is 4.79 Å². The van der Waals surface area contributed by atoms with E-state index in [1.165, 1.54) is 0 Å². The first-order chi connectivity index (χ1) is 6.02. The van der Waals surface area contributed by atoms with Gasteiger partial charge in [0.15, 0.2) is 0 Å². The zero-order chi connectivity index (χ0) is 10.0. The normalized spacial score (nSPS) is 30.8. The van der Waals surface area contributed by atoms with Crippen molar-refractivity contribution in [3.63, 3.8) is 0 Å². The van der Waals surface area contributed by atoms with E-state index in [0.29, 0.717) is 6.04 Å². The van der Waals surface area contributed by atoms with Gasteiger partial charge in [-0.2, -0.15) is 0 Å². The maximum Gasteiger partial charge on any atom is 0.222 e. The van der Waals surface area contributed by atoms with Crippen molar-refractivity contribution >= 4 is 5.91 Å². The minimum atomic E-state index is -0.254. The second-order valence-corrected chi connectivity index (χ2v) is 4.05. The quantitative estimate of drug-likeness (QED) is 0.611. The molecule has 0 aromatic carbocycles. The van der Waals surface area contributed by atoms with Crippen molar-refractivity contribution in [1.82, 2.24) is 4.90 Å². The molecule has 0 saturated carbocycles. The van der Waals surface area contributed by atoms with Crippen molar-refractivity contribution in [3.05, 3.63) is 0 Å². The van der Waals surface area contributed by atoms with Crippen LogP contribution in [-0.4, -0.2) is 36.0 Å². The molecule has 76 valence electrons. The van der Waals surface area contributed by atoms with E-state index in [1.807, 2.05) is 0 Å². The molecule has 1 rings (SSSR count). The van der Waals surface area contributed by atoms with Gasteiger partial charge in [0.1, 0.15) is 0 Å². The highest BCUT2D eigenvalue weighted by Crippen LogP contribution is 2.17. The van der Waals surface area contributed by atoms with E-state index in [1.54, 1.807) is 0 Å². The number of rotatable bonds is 2. The first-order valence-electron chi connectivity index (χ1n) is 4.81. The Morgan fingerprint density at radius 1 is 1.54 bits per heavy atom. The number of nitrogens with two attached hydrogens (primary N) is 2. The molecule has 1 fully saturated rings. The number of carbonyl (C=O) groups is 1. The number of hydrogen-bond acceptors (Lipinski definition) is 3. The summed E-state index contributed by atoms with van der Waals surface area (Å²) in [5.74, 6) is -0.383. The summed E-state index contributed by atoms with van der Waals surface area (Å²) >= 11 is 0. The average molecular weight is 185 g/mol. The van der Waals surface area contributed by atoms with E-state index < -0.39 is 0 Å². The molecule has 4 N–H and O–H groups in total. The van der Waals surface area contributed by atoms with E-state index in [0.717, 1.165) is 19.5 Å². The Hall–Kier alpha value is -0.610. The summed E-state index contributed by atoms with van der Waals surface area (Å²) < 4.78 is 0. The number of hydrogen-bond donors (Lipinski definition) is 2. The van der Waals surface area contributed by atoms with E-state index >= 15 is 0 Å². The summed E-state index contributed by atoms with van der Waals surface area (Å²) in [7, 11) is 0. The second-order valence-electron chi connectivity index (χ2n) is 4.05. The Balaban J connectivity index is 2.51. The molecule has 0 aromatic heterocycles. The van der Waals surface area contributed by atoms with Crippen molar-refractivity contribution in [2.24, 2.45) is 17.4 Å². The van der Waals surface area contributed by atoms with E-state index in [-0.39, 0.29) is 17.9 Å². The lowest BCUT2D eigenvalue weighted by Gasteiger charge is -2.37. The summed E-state index contributed by atoms with van der Waals surface area (Å²) in [6, 6.07) is 0.411. The largest absolute Gasteiger partial charge is 0.369 e. The van der Waals surface area contributed by atoms with Crippen molar-refractivity contribution in [2.75, 3.05) is 13.1 Å². The fourth-order valence-corrected chi connectivity index (χ4v) is 1.83. The first-order valence-corrected chi connectivity index (χ1v) is 4.81. The van der Waals surface area contributed by atoms with Gasteiger partial charge in [0.2, 0.25) is 5.91 Å². The Bertz CT molecular complexity index is 193. The zero-order valence-electron chi connectivity index (χ0n) is 8.36. The SMILES string of the molecule is CC(C)N1CCC(C(N)=O)C(N)C1. The van der Waals surface area contributed by atoms with Crippen LogP contribution >= 0.6 is 0 Å². The first kappa shape index (κ1) is 10.5. The highest BCUT2D eigenvalue weighted by Gasteiger charge is 2.30. The predicted molar refractivity (Wildman–Crippen MR) is 52.0 cm³/mol. The van der Waals surface area contributed by atoms with E-state index in [2.05, 4.69) is 18.7 Å². The fourth-order valence-electron chi connectivity index (χ4n) is 1.83. The molecular formula is C9H19N3O. The third kappa shape index (κ3) is 2.42. The van der Waals surface area contributed by atoms with E-state index in [4.69, 9.17) is 11.5 Å². The van der Waals surface area contributed by atoms with Crippen molar-refractivity contribution < 1.29 is 4.79 Å². The summed E-state index contributed by atoms with van der Waals surface area (Å²) in [6.45, 7) is 5.98. The van der Waals surface area contributed by atoms with Gasteiger partial charge >= 0.3 is 0 Å². The zero-order valence-corrected chi connectivity index (χ0v) is 8.36. The summed E-state index contributed by atoms with van der Waals surface area (Å²) in [6.07, 6.45) is 0.800. The molecule has 0 spiro atoms. The van der Waals surface area contributed by atoms with Crippen LogP contribution in [-0.2, 0) is 4.79 Å². The van der Waals surface area contributed by atoms with Crippen LogP contribution in [0.1, 0.15) is 20.3 Å². The number of primary amides is 1. The van der Waals surface area contributed by atoms with Gasteiger partial charge in [0, 0.05) is 18.6 Å². The van der Waals surface area contributed by atoms with Crippen LogP contribution in [0.5, 0.6) is 0 Å². The molecule has 1 heterocycles. The van der Waals surface area contributed by atoms with Crippen LogP contribution in [0.2, 0.25) is 0 Å². The van der Waals surface area contributed by atoms with Gasteiger partial charge in [-0.05, 0) is 26.8 Å². The maximum atomic E-state index is 11.0. The third-order valence-corrected chi connectivity index (χ3v) is 2.79. The number of likely N-dealkylation sites (tertiary alicyclic amines) is 1. The lowest BCUT2D eigenvalue weighted by Crippen LogP contribution is -2.54.